The molecule has 0 aromatic heterocycles. The number of nitrogens with zero attached hydrogens (tertiary/aromatic N) is 2. The first-order valence-corrected chi connectivity index (χ1v) is 6.40. The second-order valence-corrected chi connectivity index (χ2v) is 4.72. The number of allylic oxidation sites excluding steroid dienone is 1. The zero-order valence-electron chi connectivity index (χ0n) is 12.3. The molecule has 0 unspecified atom stereocenters. The van der Waals surface area contributed by atoms with Crippen molar-refractivity contribution in [2.75, 3.05) is 14.2 Å². The van der Waals surface area contributed by atoms with E-state index in [1.807, 2.05) is 0 Å². The van der Waals surface area contributed by atoms with Gasteiger partial charge < -0.3 is 9.64 Å². The number of carbonyl (C=O) groups excluding carboxylic acids is 2. The standard InChI is InChI=1S/C15H14N2O5/c1-9-13(15(19)22-3)12(14(18)16(9)2)8-10-4-6-11(7-5-10)17(20)21/h4-8H,1-3H3/b12-8-. The SMILES string of the molecule is COC(=O)C1=C(C)N(C)C(=O)/C1=C\c1ccc([N+](=O)[O-])cc1. The third kappa shape index (κ3) is 2.60. The molecule has 0 spiro atoms. The van der Waals surface area contributed by atoms with Gasteiger partial charge in [0.05, 0.1) is 23.2 Å². The van der Waals surface area contributed by atoms with Crippen LogP contribution in [0.25, 0.3) is 6.08 Å². The van der Waals surface area contributed by atoms with Gasteiger partial charge in [0.1, 0.15) is 0 Å². The maximum atomic E-state index is 12.2. The Bertz CT molecular complexity index is 716. The fraction of sp³-hybridized carbons (Fsp3) is 0.200. The van der Waals surface area contributed by atoms with Crippen LogP contribution in [0.15, 0.2) is 41.1 Å². The topological polar surface area (TPSA) is 89.8 Å². The molecule has 2 rings (SSSR count). The second kappa shape index (κ2) is 5.80. The van der Waals surface area contributed by atoms with Crippen LogP contribution < -0.4 is 0 Å². The molecule has 1 heterocycles. The average molecular weight is 302 g/mol. The molecule has 0 fully saturated rings. The predicted octanol–water partition coefficient (Wildman–Crippen LogP) is 1.90. The van der Waals surface area contributed by atoms with Crippen molar-refractivity contribution in [3.63, 3.8) is 0 Å². The van der Waals surface area contributed by atoms with Crippen molar-refractivity contribution in [1.29, 1.82) is 0 Å². The molecule has 22 heavy (non-hydrogen) atoms. The zero-order chi connectivity index (χ0) is 16.4. The van der Waals surface area contributed by atoms with Crippen LogP contribution >= 0.6 is 0 Å². The molecular formula is C15H14N2O5. The van der Waals surface area contributed by atoms with Crippen molar-refractivity contribution in [1.82, 2.24) is 4.90 Å². The lowest BCUT2D eigenvalue weighted by atomic mass is 10.0. The van der Waals surface area contributed by atoms with Gasteiger partial charge >= 0.3 is 5.97 Å². The quantitative estimate of drug-likeness (QED) is 0.368. The first kappa shape index (κ1) is 15.4. The number of amides is 1. The van der Waals surface area contributed by atoms with Crippen molar-refractivity contribution in [2.24, 2.45) is 0 Å². The van der Waals surface area contributed by atoms with Crippen LogP contribution in [0, 0.1) is 10.1 Å². The van der Waals surface area contributed by atoms with Gasteiger partial charge in [-0.1, -0.05) is 0 Å². The number of methoxy groups -OCH3 is 1. The van der Waals surface area contributed by atoms with Crippen molar-refractivity contribution >= 4 is 23.6 Å². The van der Waals surface area contributed by atoms with Gasteiger partial charge in [-0.05, 0) is 30.7 Å². The summed E-state index contributed by atoms with van der Waals surface area (Å²) in [6.07, 6.45) is 1.52. The van der Waals surface area contributed by atoms with E-state index in [2.05, 4.69) is 0 Å². The van der Waals surface area contributed by atoms with Crippen LogP contribution in [0.1, 0.15) is 12.5 Å². The molecule has 0 saturated carbocycles. The molecule has 7 nitrogen and oxygen atoms in total. The molecule has 0 atom stereocenters. The summed E-state index contributed by atoms with van der Waals surface area (Å²) in [5.74, 6) is -0.917. The van der Waals surface area contributed by atoms with Gasteiger partial charge in [-0.15, -0.1) is 0 Å². The van der Waals surface area contributed by atoms with Crippen LogP contribution in [0.3, 0.4) is 0 Å². The molecule has 0 bridgehead atoms. The summed E-state index contributed by atoms with van der Waals surface area (Å²) in [5.41, 5.74) is 1.45. The number of likely N-dealkylation sites (N-methyl/N-ethyl adjacent to an activating group) is 1. The third-order valence-electron chi connectivity index (χ3n) is 3.47. The molecule has 0 radical (unpaired) electrons. The number of benzene rings is 1. The summed E-state index contributed by atoms with van der Waals surface area (Å²) in [6.45, 7) is 1.65. The molecule has 1 aromatic carbocycles. The number of carbonyl (C=O) groups is 2. The number of ether oxygens (including phenoxy) is 1. The first-order valence-electron chi connectivity index (χ1n) is 6.40. The Labute approximate surface area is 126 Å². The van der Waals surface area contributed by atoms with Gasteiger partial charge in [0.15, 0.2) is 0 Å². The van der Waals surface area contributed by atoms with Gasteiger partial charge in [-0.25, -0.2) is 4.79 Å². The Morgan fingerprint density at radius 3 is 2.41 bits per heavy atom. The van der Waals surface area contributed by atoms with E-state index in [1.165, 1.54) is 42.4 Å². The van der Waals surface area contributed by atoms with E-state index < -0.39 is 10.9 Å². The summed E-state index contributed by atoms with van der Waals surface area (Å²) in [4.78, 5) is 35.6. The highest BCUT2D eigenvalue weighted by Gasteiger charge is 2.34. The normalized spacial score (nSPS) is 16.4. The van der Waals surface area contributed by atoms with Crippen molar-refractivity contribution in [3.8, 4) is 0 Å². The monoisotopic (exact) mass is 302 g/mol. The van der Waals surface area contributed by atoms with Gasteiger partial charge in [0.25, 0.3) is 11.6 Å². The minimum absolute atomic E-state index is 0.0445. The van der Waals surface area contributed by atoms with Crippen molar-refractivity contribution in [2.45, 2.75) is 6.92 Å². The highest BCUT2D eigenvalue weighted by atomic mass is 16.6. The maximum Gasteiger partial charge on any atom is 0.340 e. The zero-order valence-corrected chi connectivity index (χ0v) is 12.3. The summed E-state index contributed by atoms with van der Waals surface area (Å²) >= 11 is 0. The smallest absolute Gasteiger partial charge is 0.340 e. The van der Waals surface area contributed by atoms with Crippen LogP contribution in [-0.4, -0.2) is 35.9 Å². The molecule has 0 saturated heterocycles. The van der Waals surface area contributed by atoms with Gasteiger partial charge in [0.2, 0.25) is 0 Å². The number of nitro groups is 1. The lowest BCUT2D eigenvalue weighted by Crippen LogP contribution is -2.19. The van der Waals surface area contributed by atoms with E-state index in [0.717, 1.165) is 0 Å². The van der Waals surface area contributed by atoms with E-state index in [1.54, 1.807) is 14.0 Å². The Hall–Kier alpha value is -2.96. The first-order chi connectivity index (χ1) is 10.4. The van der Waals surface area contributed by atoms with Crippen LogP contribution in [-0.2, 0) is 14.3 Å². The molecule has 0 N–H and O–H groups in total. The number of esters is 1. The van der Waals surface area contributed by atoms with Gasteiger partial charge in [-0.3, -0.25) is 14.9 Å². The Kier molecular flexibility index (Phi) is 4.07. The molecule has 1 aliphatic heterocycles. The number of non-ortho nitro benzene ring substituents is 1. The third-order valence-corrected chi connectivity index (χ3v) is 3.47. The number of nitro benzene ring substituents is 1. The van der Waals surface area contributed by atoms with Crippen LogP contribution in [0.4, 0.5) is 5.69 Å². The fourth-order valence-electron chi connectivity index (χ4n) is 2.16. The van der Waals surface area contributed by atoms with E-state index in [0.29, 0.717) is 11.3 Å². The van der Waals surface area contributed by atoms with Gasteiger partial charge in [-0.2, -0.15) is 0 Å². The average Bonchev–Trinajstić information content (AvgIpc) is 2.71. The van der Waals surface area contributed by atoms with Crippen molar-refractivity contribution in [3.05, 3.63) is 56.8 Å². The van der Waals surface area contributed by atoms with Crippen LogP contribution in [0.2, 0.25) is 0 Å². The number of hydrogen-bond donors (Lipinski definition) is 0. The summed E-state index contributed by atoms with van der Waals surface area (Å²) < 4.78 is 4.71. The lowest BCUT2D eigenvalue weighted by Gasteiger charge is -2.08. The molecule has 114 valence electrons. The summed E-state index contributed by atoms with van der Waals surface area (Å²) in [5, 5.41) is 10.6. The lowest BCUT2D eigenvalue weighted by molar-refractivity contribution is -0.384. The Balaban J connectivity index is 2.46. The minimum Gasteiger partial charge on any atom is -0.465 e. The van der Waals surface area contributed by atoms with E-state index in [9.17, 15) is 19.7 Å². The molecule has 0 aliphatic carbocycles. The highest BCUT2D eigenvalue weighted by molar-refractivity contribution is 6.16. The molecule has 1 amide bonds. The Morgan fingerprint density at radius 2 is 1.91 bits per heavy atom. The van der Waals surface area contributed by atoms with Crippen molar-refractivity contribution < 1.29 is 19.2 Å². The summed E-state index contributed by atoms with van der Waals surface area (Å²) in [6, 6.07) is 5.70. The highest BCUT2D eigenvalue weighted by Crippen LogP contribution is 2.30. The second-order valence-electron chi connectivity index (χ2n) is 4.72. The number of hydrogen-bond acceptors (Lipinski definition) is 5. The molecule has 1 aromatic rings. The summed E-state index contributed by atoms with van der Waals surface area (Å²) in [7, 11) is 2.81. The largest absolute Gasteiger partial charge is 0.465 e. The molecular weight excluding hydrogens is 288 g/mol. The minimum atomic E-state index is -0.594. The molecule has 1 aliphatic rings. The van der Waals surface area contributed by atoms with E-state index >= 15 is 0 Å². The maximum absolute atomic E-state index is 12.2. The van der Waals surface area contributed by atoms with Crippen LogP contribution in [0.5, 0.6) is 0 Å². The Morgan fingerprint density at radius 1 is 1.32 bits per heavy atom. The van der Waals surface area contributed by atoms with Gasteiger partial charge in [0, 0.05) is 24.9 Å². The fourth-order valence-corrected chi connectivity index (χ4v) is 2.16. The number of rotatable bonds is 3. The van der Waals surface area contributed by atoms with E-state index in [4.69, 9.17) is 4.74 Å². The molecule has 7 heteroatoms. The predicted molar refractivity (Wildman–Crippen MR) is 78.6 cm³/mol. The van der Waals surface area contributed by atoms with E-state index in [-0.39, 0.29) is 22.7 Å².